The molecule has 5 rings (SSSR count). The fraction of sp³-hybridized carbons (Fsp3) is 0.364. The Morgan fingerprint density at radius 2 is 1.86 bits per heavy atom. The summed E-state index contributed by atoms with van der Waals surface area (Å²) in [6.45, 7) is 1.81. The van der Waals surface area contributed by atoms with Crippen molar-refractivity contribution in [2.75, 3.05) is 19.6 Å². The Kier molecular flexibility index (Phi) is 4.49. The molecule has 3 fully saturated rings. The number of aliphatic hydroxyl groups excluding tert-OH is 1. The molecule has 0 unspecified atom stereocenters. The SMILES string of the molecule is O=C(N/C(C(=O)N1CCCC1)=C1/NC[C@H]2O[C@H]2[C@@H]1O)c1cccc2ccccc12. The number of aliphatic hydroxyl groups is 1. The third kappa shape index (κ3) is 3.26. The summed E-state index contributed by atoms with van der Waals surface area (Å²) in [4.78, 5) is 28.1. The Labute approximate surface area is 168 Å². The van der Waals surface area contributed by atoms with Gasteiger partial charge in [0.2, 0.25) is 0 Å². The van der Waals surface area contributed by atoms with Gasteiger partial charge in [0.15, 0.2) is 0 Å². The molecule has 3 aliphatic rings. The molecule has 3 saturated heterocycles. The normalized spacial score (nSPS) is 27.2. The molecular weight excluding hydrogens is 370 g/mol. The zero-order chi connectivity index (χ0) is 20.0. The van der Waals surface area contributed by atoms with Crippen LogP contribution in [0.5, 0.6) is 0 Å². The van der Waals surface area contributed by atoms with E-state index in [0.717, 1.165) is 23.6 Å². The molecule has 7 nitrogen and oxygen atoms in total. The van der Waals surface area contributed by atoms with Crippen LogP contribution >= 0.6 is 0 Å². The van der Waals surface area contributed by atoms with Gasteiger partial charge < -0.3 is 25.4 Å². The van der Waals surface area contributed by atoms with E-state index in [1.807, 2.05) is 36.4 Å². The summed E-state index contributed by atoms with van der Waals surface area (Å²) in [5, 5.41) is 18.3. The van der Waals surface area contributed by atoms with Crippen molar-refractivity contribution >= 4 is 22.6 Å². The highest BCUT2D eigenvalue weighted by molar-refractivity contribution is 6.10. The Hall–Kier alpha value is -2.90. The predicted octanol–water partition coefficient (Wildman–Crippen LogP) is 1.14. The summed E-state index contributed by atoms with van der Waals surface area (Å²) in [5.74, 6) is -0.638. The van der Waals surface area contributed by atoms with Crippen molar-refractivity contribution in [2.24, 2.45) is 0 Å². The maximum atomic E-state index is 13.2. The van der Waals surface area contributed by atoms with E-state index < -0.39 is 6.10 Å². The third-order valence-electron chi connectivity index (χ3n) is 5.87. The Balaban J connectivity index is 1.51. The monoisotopic (exact) mass is 393 g/mol. The molecule has 0 aliphatic carbocycles. The number of nitrogens with one attached hydrogen (secondary N) is 2. The number of epoxide rings is 1. The number of benzene rings is 2. The van der Waals surface area contributed by atoms with Crippen LogP contribution in [0.4, 0.5) is 0 Å². The lowest BCUT2D eigenvalue weighted by molar-refractivity contribution is -0.126. The molecular formula is C22H23N3O4. The van der Waals surface area contributed by atoms with Crippen molar-refractivity contribution in [3.8, 4) is 0 Å². The van der Waals surface area contributed by atoms with Gasteiger partial charge in [0.05, 0.1) is 5.70 Å². The van der Waals surface area contributed by atoms with Gasteiger partial charge in [0, 0.05) is 25.2 Å². The van der Waals surface area contributed by atoms with Crippen LogP contribution in [0.2, 0.25) is 0 Å². The van der Waals surface area contributed by atoms with Crippen LogP contribution in [0, 0.1) is 0 Å². The number of carbonyl (C=O) groups is 2. The maximum absolute atomic E-state index is 13.2. The average Bonchev–Trinajstić information content (AvgIpc) is 3.35. The molecule has 150 valence electrons. The number of nitrogens with zero attached hydrogens (tertiary/aromatic N) is 1. The largest absolute Gasteiger partial charge is 0.384 e. The van der Waals surface area contributed by atoms with Gasteiger partial charge in [-0.25, -0.2) is 0 Å². The van der Waals surface area contributed by atoms with Gasteiger partial charge in [-0.3, -0.25) is 9.59 Å². The van der Waals surface area contributed by atoms with E-state index >= 15 is 0 Å². The average molecular weight is 393 g/mol. The molecule has 29 heavy (non-hydrogen) atoms. The van der Waals surface area contributed by atoms with Gasteiger partial charge in [0.1, 0.15) is 24.0 Å². The molecule has 3 heterocycles. The van der Waals surface area contributed by atoms with E-state index in [4.69, 9.17) is 4.74 Å². The van der Waals surface area contributed by atoms with Crippen LogP contribution in [0.15, 0.2) is 53.9 Å². The van der Waals surface area contributed by atoms with E-state index in [2.05, 4.69) is 10.6 Å². The molecule has 2 aromatic carbocycles. The molecule has 0 aromatic heterocycles. The van der Waals surface area contributed by atoms with Gasteiger partial charge in [-0.15, -0.1) is 0 Å². The van der Waals surface area contributed by atoms with Crippen molar-refractivity contribution in [2.45, 2.75) is 31.2 Å². The Morgan fingerprint density at radius 1 is 1.10 bits per heavy atom. The summed E-state index contributed by atoms with van der Waals surface area (Å²) in [7, 11) is 0. The molecule has 0 bridgehead atoms. The summed E-state index contributed by atoms with van der Waals surface area (Å²) in [6, 6.07) is 13.1. The first-order chi connectivity index (χ1) is 14.1. The first-order valence-electron chi connectivity index (χ1n) is 10.0. The standard InChI is InChI=1S/C22H23N3O4/c26-19-17(23-12-16-20(19)29-16)18(22(28)25-10-3-4-11-25)24-21(27)15-9-5-7-13-6-1-2-8-14(13)15/h1-2,5-9,16,19-20,23,26H,3-4,10-12H2,(H,24,27)/b18-17+/t16-,19-,20-/m1/s1. The topological polar surface area (TPSA) is 94.2 Å². The van der Waals surface area contributed by atoms with Crippen molar-refractivity contribution < 1.29 is 19.4 Å². The van der Waals surface area contributed by atoms with Crippen LogP contribution in [0.1, 0.15) is 23.2 Å². The van der Waals surface area contributed by atoms with Crippen LogP contribution in [-0.2, 0) is 9.53 Å². The molecule has 2 aromatic rings. The second-order valence-electron chi connectivity index (χ2n) is 7.73. The smallest absolute Gasteiger partial charge is 0.272 e. The second kappa shape index (κ2) is 7.17. The van der Waals surface area contributed by atoms with Crippen LogP contribution in [0.25, 0.3) is 10.8 Å². The number of hydrogen-bond acceptors (Lipinski definition) is 5. The van der Waals surface area contributed by atoms with Crippen LogP contribution < -0.4 is 10.6 Å². The highest BCUT2D eigenvalue weighted by atomic mass is 16.6. The fourth-order valence-corrected chi connectivity index (χ4v) is 4.23. The summed E-state index contributed by atoms with van der Waals surface area (Å²) >= 11 is 0. The molecule has 0 radical (unpaired) electrons. The number of carbonyl (C=O) groups excluding carboxylic acids is 2. The van der Waals surface area contributed by atoms with Crippen LogP contribution in [-0.4, -0.2) is 59.8 Å². The minimum absolute atomic E-state index is 0.0364. The number of piperidine rings is 1. The lowest BCUT2D eigenvalue weighted by Crippen LogP contribution is -2.45. The van der Waals surface area contributed by atoms with E-state index in [0.29, 0.717) is 30.9 Å². The summed E-state index contributed by atoms with van der Waals surface area (Å²) in [6.07, 6.45) is 0.570. The van der Waals surface area contributed by atoms with Crippen molar-refractivity contribution in [3.63, 3.8) is 0 Å². The van der Waals surface area contributed by atoms with Gasteiger partial charge in [-0.2, -0.15) is 0 Å². The number of likely N-dealkylation sites (tertiary alicyclic amines) is 1. The van der Waals surface area contributed by atoms with E-state index in [9.17, 15) is 14.7 Å². The highest BCUT2D eigenvalue weighted by Crippen LogP contribution is 2.33. The predicted molar refractivity (Wildman–Crippen MR) is 107 cm³/mol. The molecule has 2 amide bonds. The molecule has 3 N–H and O–H groups in total. The Bertz CT molecular complexity index is 1010. The zero-order valence-electron chi connectivity index (χ0n) is 15.9. The van der Waals surface area contributed by atoms with Gasteiger partial charge in [0.25, 0.3) is 11.8 Å². The molecule has 3 aliphatic heterocycles. The second-order valence-corrected chi connectivity index (χ2v) is 7.73. The quantitative estimate of drug-likeness (QED) is 0.537. The highest BCUT2D eigenvalue weighted by Gasteiger charge is 2.50. The molecule has 3 atom stereocenters. The minimum atomic E-state index is -0.955. The number of ether oxygens (including phenoxy) is 1. The van der Waals surface area contributed by atoms with Crippen molar-refractivity contribution in [3.05, 3.63) is 59.4 Å². The first kappa shape index (κ1) is 18.1. The summed E-state index contributed by atoms with van der Waals surface area (Å²) in [5.41, 5.74) is 0.946. The van der Waals surface area contributed by atoms with E-state index in [-0.39, 0.29) is 29.7 Å². The summed E-state index contributed by atoms with van der Waals surface area (Å²) < 4.78 is 5.44. The zero-order valence-corrected chi connectivity index (χ0v) is 15.9. The van der Waals surface area contributed by atoms with E-state index in [1.165, 1.54) is 0 Å². The third-order valence-corrected chi connectivity index (χ3v) is 5.87. The fourth-order valence-electron chi connectivity index (χ4n) is 4.23. The van der Waals surface area contributed by atoms with Crippen LogP contribution in [0.3, 0.4) is 0 Å². The number of fused-ring (bicyclic) bond motifs is 2. The maximum Gasteiger partial charge on any atom is 0.272 e. The first-order valence-corrected chi connectivity index (χ1v) is 10.0. The molecule has 0 spiro atoms. The number of hydrogen-bond donors (Lipinski definition) is 3. The number of rotatable bonds is 3. The number of amides is 2. The van der Waals surface area contributed by atoms with Crippen molar-refractivity contribution in [1.29, 1.82) is 0 Å². The van der Waals surface area contributed by atoms with Crippen molar-refractivity contribution in [1.82, 2.24) is 15.5 Å². The van der Waals surface area contributed by atoms with Gasteiger partial charge in [-0.05, 0) is 29.7 Å². The minimum Gasteiger partial charge on any atom is -0.384 e. The molecule has 0 saturated carbocycles. The van der Waals surface area contributed by atoms with Gasteiger partial charge in [-0.1, -0.05) is 36.4 Å². The molecule has 7 heteroatoms. The van der Waals surface area contributed by atoms with E-state index in [1.54, 1.807) is 11.0 Å². The lowest BCUT2D eigenvalue weighted by Gasteiger charge is -2.26. The Morgan fingerprint density at radius 3 is 2.69 bits per heavy atom. The lowest BCUT2D eigenvalue weighted by atomic mass is 10.0. The van der Waals surface area contributed by atoms with Gasteiger partial charge >= 0.3 is 0 Å².